The molecule has 8 heteroatoms. The van der Waals surface area contributed by atoms with E-state index in [9.17, 15) is 4.79 Å². The molecule has 3 aromatic rings. The fourth-order valence-corrected chi connectivity index (χ4v) is 9.15. The van der Waals surface area contributed by atoms with Crippen molar-refractivity contribution in [2.45, 2.75) is 102 Å². The zero-order chi connectivity index (χ0) is 32.8. The molecule has 1 aromatic heterocycles. The number of carbonyl (C=O) groups excluding carboxylic acids is 1. The number of pyridine rings is 1. The van der Waals surface area contributed by atoms with Crippen molar-refractivity contribution in [2.24, 2.45) is 11.8 Å². The maximum Gasteiger partial charge on any atom is 0.331 e. The van der Waals surface area contributed by atoms with Gasteiger partial charge in [-0.3, -0.25) is 4.98 Å². The van der Waals surface area contributed by atoms with E-state index in [0.29, 0.717) is 48.8 Å². The second-order valence-corrected chi connectivity index (χ2v) is 15.0. The summed E-state index contributed by atoms with van der Waals surface area (Å²) in [5.74, 6) is 3.65. The molecule has 0 unspecified atom stereocenters. The summed E-state index contributed by atoms with van der Waals surface area (Å²) >= 11 is 6.33. The van der Waals surface area contributed by atoms with E-state index in [2.05, 4.69) is 36.3 Å². The zero-order valence-corrected chi connectivity index (χ0v) is 28.8. The van der Waals surface area contributed by atoms with Crippen molar-refractivity contribution in [2.75, 3.05) is 25.6 Å². The lowest BCUT2D eigenvalue weighted by molar-refractivity contribution is -0.148. The summed E-state index contributed by atoms with van der Waals surface area (Å²) in [5, 5.41) is 4.20. The first-order chi connectivity index (χ1) is 22.7. The van der Waals surface area contributed by atoms with Crippen LogP contribution in [0, 0.1) is 11.8 Å². The van der Waals surface area contributed by atoms with E-state index >= 15 is 0 Å². The third-order valence-corrected chi connectivity index (χ3v) is 11.6. The van der Waals surface area contributed by atoms with Crippen molar-refractivity contribution in [3.63, 3.8) is 0 Å². The monoisotopic (exact) mass is 658 g/mol. The van der Waals surface area contributed by atoms with E-state index < -0.39 is 5.54 Å². The van der Waals surface area contributed by atoms with Gasteiger partial charge < -0.3 is 24.3 Å². The maximum absolute atomic E-state index is 13.5. The van der Waals surface area contributed by atoms with Crippen LogP contribution in [0.5, 0.6) is 17.2 Å². The summed E-state index contributed by atoms with van der Waals surface area (Å²) in [4.78, 5) is 18.2. The fraction of sp³-hybridized carbons (Fsp3) is 0.538. The SMILES string of the molecule is COC(=O)C1(Nc2cccc(Cl)c2)CCC2(CC1)c1cc3c(cc1C[C@@H]2C[C@@H](C)COc1ccnc2c1[C@H](C)CCC2)OC[C@@H](C)O3. The highest BCUT2D eigenvalue weighted by Crippen LogP contribution is 2.58. The lowest BCUT2D eigenvalue weighted by atomic mass is 9.59. The highest BCUT2D eigenvalue weighted by Gasteiger charge is 2.55. The first-order valence-electron chi connectivity index (χ1n) is 17.4. The first kappa shape index (κ1) is 32.1. The molecule has 3 aliphatic carbocycles. The largest absolute Gasteiger partial charge is 0.493 e. The molecule has 0 radical (unpaired) electrons. The minimum absolute atomic E-state index is 0.00717. The summed E-state index contributed by atoms with van der Waals surface area (Å²) in [6.45, 7) is 7.87. The van der Waals surface area contributed by atoms with Crippen molar-refractivity contribution in [1.29, 1.82) is 0 Å². The fourth-order valence-electron chi connectivity index (χ4n) is 8.96. The van der Waals surface area contributed by atoms with E-state index in [-0.39, 0.29) is 17.5 Å². The van der Waals surface area contributed by atoms with Gasteiger partial charge in [0.05, 0.1) is 13.7 Å². The van der Waals surface area contributed by atoms with Gasteiger partial charge in [-0.1, -0.05) is 31.5 Å². The Labute approximate surface area is 283 Å². The van der Waals surface area contributed by atoms with Crippen LogP contribution in [-0.2, 0) is 27.8 Å². The molecule has 4 atom stereocenters. The quantitative estimate of drug-likeness (QED) is 0.243. The number of hydrogen-bond acceptors (Lipinski definition) is 7. The average Bonchev–Trinajstić information content (AvgIpc) is 3.34. The summed E-state index contributed by atoms with van der Waals surface area (Å²) < 4.78 is 24.4. The van der Waals surface area contributed by atoms with Gasteiger partial charge in [0.1, 0.15) is 24.0 Å². The number of hydrogen-bond donors (Lipinski definition) is 1. The third kappa shape index (κ3) is 6.05. The predicted octanol–water partition coefficient (Wildman–Crippen LogP) is 8.45. The van der Waals surface area contributed by atoms with Crippen LogP contribution in [0.3, 0.4) is 0 Å². The van der Waals surface area contributed by atoms with Crippen molar-refractivity contribution in [3.05, 3.63) is 76.1 Å². The molecule has 0 saturated heterocycles. The number of aryl methyl sites for hydroxylation is 1. The van der Waals surface area contributed by atoms with Gasteiger partial charge in [-0.25, -0.2) is 4.79 Å². The smallest absolute Gasteiger partial charge is 0.331 e. The minimum atomic E-state index is -0.827. The van der Waals surface area contributed by atoms with Gasteiger partial charge in [-0.15, -0.1) is 0 Å². The Bertz CT molecular complexity index is 1630. The van der Waals surface area contributed by atoms with Crippen LogP contribution >= 0.6 is 11.6 Å². The number of carbonyl (C=O) groups is 1. The molecule has 1 fully saturated rings. The number of ether oxygens (including phenoxy) is 4. The Morgan fingerprint density at radius 2 is 1.96 bits per heavy atom. The predicted molar refractivity (Wildman–Crippen MR) is 184 cm³/mol. The van der Waals surface area contributed by atoms with Gasteiger partial charge in [0.15, 0.2) is 11.5 Å². The number of rotatable bonds is 8. The highest BCUT2D eigenvalue weighted by atomic mass is 35.5. The number of anilines is 1. The molecule has 0 bridgehead atoms. The molecule has 47 heavy (non-hydrogen) atoms. The molecule has 1 saturated carbocycles. The van der Waals surface area contributed by atoms with Gasteiger partial charge in [-0.05, 0) is 135 Å². The van der Waals surface area contributed by atoms with Crippen LogP contribution in [0.15, 0.2) is 48.7 Å². The van der Waals surface area contributed by atoms with Crippen LogP contribution in [0.2, 0.25) is 5.02 Å². The molecular formula is C39H47ClN2O5. The zero-order valence-electron chi connectivity index (χ0n) is 28.1. The van der Waals surface area contributed by atoms with Crippen LogP contribution < -0.4 is 19.5 Å². The Hall–Kier alpha value is -3.45. The maximum atomic E-state index is 13.5. The summed E-state index contributed by atoms with van der Waals surface area (Å²) in [6.07, 6.45) is 10.3. The van der Waals surface area contributed by atoms with Gasteiger partial charge in [-0.2, -0.15) is 0 Å². The van der Waals surface area contributed by atoms with Crippen LogP contribution in [0.25, 0.3) is 0 Å². The molecule has 2 heterocycles. The van der Waals surface area contributed by atoms with Gasteiger partial charge >= 0.3 is 5.97 Å². The number of esters is 1. The number of methoxy groups -OCH3 is 1. The minimum Gasteiger partial charge on any atom is -0.493 e. The van der Waals surface area contributed by atoms with Crippen LogP contribution in [0.1, 0.15) is 94.0 Å². The van der Waals surface area contributed by atoms with Gasteiger partial charge in [0, 0.05) is 28.2 Å². The molecule has 250 valence electrons. The van der Waals surface area contributed by atoms with E-state index in [1.807, 2.05) is 43.5 Å². The second-order valence-electron chi connectivity index (χ2n) is 14.6. The van der Waals surface area contributed by atoms with Gasteiger partial charge in [0.2, 0.25) is 0 Å². The van der Waals surface area contributed by atoms with Crippen molar-refractivity contribution >= 4 is 23.3 Å². The number of benzene rings is 2. The molecule has 1 aliphatic heterocycles. The molecule has 1 N–H and O–H groups in total. The number of nitrogens with one attached hydrogen (secondary N) is 1. The van der Waals surface area contributed by atoms with E-state index in [0.717, 1.165) is 55.0 Å². The number of fused-ring (bicyclic) bond motifs is 4. The first-order valence-corrected chi connectivity index (χ1v) is 17.8. The highest BCUT2D eigenvalue weighted by molar-refractivity contribution is 6.30. The number of halogens is 1. The molecule has 7 nitrogen and oxygen atoms in total. The average molecular weight is 659 g/mol. The Morgan fingerprint density at radius 1 is 1.13 bits per heavy atom. The lowest BCUT2D eigenvalue weighted by Gasteiger charge is -2.48. The van der Waals surface area contributed by atoms with E-state index in [1.54, 1.807) is 0 Å². The molecule has 1 spiro atoms. The number of nitrogens with zero attached hydrogens (tertiary/aromatic N) is 1. The van der Waals surface area contributed by atoms with Crippen molar-refractivity contribution in [1.82, 2.24) is 4.98 Å². The van der Waals surface area contributed by atoms with E-state index in [1.165, 1.54) is 42.3 Å². The molecule has 0 amide bonds. The molecule has 2 aromatic carbocycles. The van der Waals surface area contributed by atoms with Crippen molar-refractivity contribution in [3.8, 4) is 17.2 Å². The summed E-state index contributed by atoms with van der Waals surface area (Å²) in [6, 6.07) is 14.1. The summed E-state index contributed by atoms with van der Waals surface area (Å²) in [7, 11) is 1.48. The standard InChI is InChI=1S/C39H47ClN2O5/c1-24(22-45-33-11-16-41-32-10-5-7-25(2)36(32)33)17-28-18-27-19-34-35(47-26(3)23-46-34)21-31(27)38(28)12-14-39(15-13-38,37(43)44-4)42-30-9-6-8-29(40)20-30/h6,8-9,11,16,19-21,24-26,28,42H,5,7,10,12-15,17-18,22-23H2,1-4H3/t24-,25-,26-,28+,38?,39?/m1/s1. The van der Waals surface area contributed by atoms with Gasteiger partial charge in [0.25, 0.3) is 0 Å². The van der Waals surface area contributed by atoms with Crippen LogP contribution in [0.4, 0.5) is 5.69 Å². The molecular weight excluding hydrogens is 612 g/mol. The Balaban J connectivity index is 1.16. The number of aromatic nitrogens is 1. The summed E-state index contributed by atoms with van der Waals surface area (Å²) in [5.41, 5.74) is 5.09. The molecule has 7 rings (SSSR count). The van der Waals surface area contributed by atoms with Crippen molar-refractivity contribution < 1.29 is 23.7 Å². The second kappa shape index (κ2) is 12.9. The third-order valence-electron chi connectivity index (χ3n) is 11.3. The Morgan fingerprint density at radius 3 is 2.74 bits per heavy atom. The topological polar surface area (TPSA) is 78.9 Å². The normalized spacial score (nSPS) is 28.2. The van der Waals surface area contributed by atoms with Crippen LogP contribution in [-0.4, -0.2) is 42.9 Å². The lowest BCUT2D eigenvalue weighted by Crippen LogP contribution is -2.53. The Kier molecular flexibility index (Phi) is 8.79. The molecule has 4 aliphatic rings. The van der Waals surface area contributed by atoms with E-state index in [4.69, 9.17) is 30.5 Å².